The number of nitrogens with zero attached hydrogens (tertiary/aromatic N) is 3. The number of anilines is 3. The molecule has 1 aliphatic heterocycles. The first-order valence-corrected chi connectivity index (χ1v) is 9.02. The number of quaternary nitrogens is 1. The minimum Gasteiger partial charge on any atom is -0.369 e. The van der Waals surface area contributed by atoms with Crippen LogP contribution in [-0.4, -0.2) is 33.9 Å². The lowest BCUT2D eigenvalue weighted by atomic mass is 9.96. The molecule has 0 atom stereocenters. The minimum absolute atomic E-state index is 0.00880. The smallest absolute Gasteiger partial charge is 0.232 e. The Morgan fingerprint density at radius 3 is 2.50 bits per heavy atom. The van der Waals surface area contributed by atoms with Crippen LogP contribution in [0.1, 0.15) is 31.2 Å². The maximum atomic E-state index is 11.3. The van der Waals surface area contributed by atoms with E-state index in [4.69, 9.17) is 11.5 Å². The Labute approximate surface area is 153 Å². The third kappa shape index (κ3) is 4.66. The lowest BCUT2D eigenvalue weighted by Gasteiger charge is -2.27. The summed E-state index contributed by atoms with van der Waals surface area (Å²) in [6, 6.07) is 8.14. The van der Waals surface area contributed by atoms with Crippen LogP contribution in [0.5, 0.6) is 0 Å². The molecule has 0 spiro atoms. The molecule has 2 aromatic rings. The normalized spacial score (nSPS) is 19.9. The molecule has 3 rings (SSSR count). The molecular formula is C18H26N7O+. The Morgan fingerprint density at radius 2 is 1.88 bits per heavy atom. The van der Waals surface area contributed by atoms with Crippen molar-refractivity contribution in [1.29, 1.82) is 0 Å². The monoisotopic (exact) mass is 356 g/mol. The lowest BCUT2D eigenvalue weighted by molar-refractivity contribution is -0.920. The van der Waals surface area contributed by atoms with Crippen LogP contribution in [0, 0.1) is 5.92 Å². The predicted molar refractivity (Wildman–Crippen MR) is 99.7 cm³/mol. The van der Waals surface area contributed by atoms with Gasteiger partial charge < -0.3 is 21.7 Å². The highest BCUT2D eigenvalue weighted by Crippen LogP contribution is 2.15. The summed E-state index contributed by atoms with van der Waals surface area (Å²) in [5.41, 5.74) is 13.4. The highest BCUT2D eigenvalue weighted by Gasteiger charge is 2.26. The van der Waals surface area contributed by atoms with Gasteiger partial charge in [0.15, 0.2) is 5.82 Å². The molecule has 1 aromatic carbocycles. The standard InChI is InChI=1S/C18H25N7O/c1-2-12-3-5-14(6-4-12)21-18-23-15(22-17(20)24-18)11-25-9-7-13(8-10-25)16(19)26/h3-6,13H,2,7-11H2,1H3,(H2,19,26)(H3,20,21,22,23,24)/p+1. The Hall–Kier alpha value is -2.74. The largest absolute Gasteiger partial charge is 0.369 e. The van der Waals surface area contributed by atoms with Crippen molar-refractivity contribution in [3.05, 3.63) is 35.7 Å². The van der Waals surface area contributed by atoms with Gasteiger partial charge in [-0.2, -0.15) is 15.0 Å². The Bertz CT molecular complexity index is 755. The number of likely N-dealkylation sites (tertiary alicyclic amines) is 1. The van der Waals surface area contributed by atoms with Crippen LogP contribution < -0.4 is 21.7 Å². The summed E-state index contributed by atoms with van der Waals surface area (Å²) in [6.07, 6.45) is 2.61. The molecule has 1 fully saturated rings. The van der Waals surface area contributed by atoms with E-state index in [1.165, 1.54) is 10.5 Å². The van der Waals surface area contributed by atoms with Crippen molar-refractivity contribution in [3.8, 4) is 0 Å². The Kier molecular flexibility index (Phi) is 5.62. The summed E-state index contributed by atoms with van der Waals surface area (Å²) in [6.45, 7) is 4.53. The fraction of sp³-hybridized carbons (Fsp3) is 0.444. The van der Waals surface area contributed by atoms with Gasteiger partial charge in [-0.15, -0.1) is 0 Å². The number of rotatable bonds is 6. The lowest BCUT2D eigenvalue weighted by Crippen LogP contribution is -3.12. The molecule has 1 amide bonds. The first-order valence-electron chi connectivity index (χ1n) is 9.02. The number of aryl methyl sites for hydroxylation is 1. The van der Waals surface area contributed by atoms with E-state index in [2.05, 4.69) is 39.3 Å². The van der Waals surface area contributed by atoms with Gasteiger partial charge in [-0.25, -0.2) is 0 Å². The highest BCUT2D eigenvalue weighted by molar-refractivity contribution is 5.76. The van der Waals surface area contributed by atoms with Crippen molar-refractivity contribution in [2.75, 3.05) is 24.1 Å². The van der Waals surface area contributed by atoms with E-state index in [-0.39, 0.29) is 17.8 Å². The number of nitrogens with one attached hydrogen (secondary N) is 2. The van der Waals surface area contributed by atoms with Gasteiger partial charge in [-0.05, 0) is 24.1 Å². The van der Waals surface area contributed by atoms with E-state index in [0.717, 1.165) is 38.0 Å². The fourth-order valence-electron chi connectivity index (χ4n) is 3.24. The molecular weight excluding hydrogens is 330 g/mol. The van der Waals surface area contributed by atoms with E-state index < -0.39 is 0 Å². The number of benzene rings is 1. The summed E-state index contributed by atoms with van der Waals surface area (Å²) in [7, 11) is 0. The van der Waals surface area contributed by atoms with Crippen molar-refractivity contribution in [2.45, 2.75) is 32.7 Å². The molecule has 0 saturated carbocycles. The molecule has 1 aliphatic rings. The molecule has 138 valence electrons. The van der Waals surface area contributed by atoms with Crippen LogP contribution in [0.4, 0.5) is 17.6 Å². The Morgan fingerprint density at radius 1 is 1.19 bits per heavy atom. The average Bonchev–Trinajstić information content (AvgIpc) is 2.62. The number of hydrogen-bond acceptors (Lipinski definition) is 6. The van der Waals surface area contributed by atoms with Crippen LogP contribution in [-0.2, 0) is 17.8 Å². The van der Waals surface area contributed by atoms with E-state index in [0.29, 0.717) is 18.3 Å². The molecule has 6 N–H and O–H groups in total. The fourth-order valence-corrected chi connectivity index (χ4v) is 3.24. The van der Waals surface area contributed by atoms with Crippen LogP contribution >= 0.6 is 0 Å². The zero-order valence-corrected chi connectivity index (χ0v) is 15.0. The quantitative estimate of drug-likeness (QED) is 0.579. The van der Waals surface area contributed by atoms with Crippen LogP contribution in [0.2, 0.25) is 0 Å². The zero-order valence-electron chi connectivity index (χ0n) is 15.0. The number of piperidine rings is 1. The van der Waals surface area contributed by atoms with E-state index in [9.17, 15) is 4.79 Å². The summed E-state index contributed by atoms with van der Waals surface area (Å²) >= 11 is 0. The first kappa shape index (κ1) is 18.1. The first-order chi connectivity index (χ1) is 12.5. The van der Waals surface area contributed by atoms with Gasteiger partial charge in [-0.3, -0.25) is 4.79 Å². The molecule has 1 saturated heterocycles. The minimum atomic E-state index is -0.200. The van der Waals surface area contributed by atoms with E-state index in [1.807, 2.05) is 12.1 Å². The van der Waals surface area contributed by atoms with Gasteiger partial charge in [0.2, 0.25) is 17.8 Å². The molecule has 0 bridgehead atoms. The summed E-state index contributed by atoms with van der Waals surface area (Å²) in [5, 5.41) is 3.18. The van der Waals surface area contributed by atoms with E-state index in [1.54, 1.807) is 0 Å². The summed E-state index contributed by atoms with van der Waals surface area (Å²) < 4.78 is 0. The SMILES string of the molecule is CCc1ccc(Nc2nc(N)nc(C[NH+]3CCC(C(N)=O)CC3)n2)cc1. The molecule has 0 aliphatic carbocycles. The summed E-state index contributed by atoms with van der Waals surface area (Å²) in [4.78, 5) is 25.5. The molecule has 0 unspecified atom stereocenters. The number of carbonyl (C=O) groups excluding carboxylic acids is 1. The van der Waals surface area contributed by atoms with Crippen molar-refractivity contribution in [3.63, 3.8) is 0 Å². The van der Waals surface area contributed by atoms with Gasteiger partial charge in [-0.1, -0.05) is 19.1 Å². The van der Waals surface area contributed by atoms with Gasteiger partial charge >= 0.3 is 0 Å². The van der Waals surface area contributed by atoms with Crippen molar-refractivity contribution in [2.24, 2.45) is 11.7 Å². The van der Waals surface area contributed by atoms with Gasteiger partial charge in [0.25, 0.3) is 0 Å². The molecule has 1 aromatic heterocycles. The highest BCUT2D eigenvalue weighted by atomic mass is 16.1. The number of nitrogen functional groups attached to an aromatic ring is 1. The summed E-state index contributed by atoms with van der Waals surface area (Å²) in [5.74, 6) is 1.09. The molecule has 8 nitrogen and oxygen atoms in total. The van der Waals surface area contributed by atoms with Crippen LogP contribution in [0.15, 0.2) is 24.3 Å². The average molecular weight is 356 g/mol. The number of hydrogen-bond donors (Lipinski definition) is 4. The van der Waals surface area contributed by atoms with Crippen molar-refractivity contribution in [1.82, 2.24) is 15.0 Å². The van der Waals surface area contributed by atoms with Crippen molar-refractivity contribution < 1.29 is 9.69 Å². The number of aromatic nitrogens is 3. The molecule has 0 radical (unpaired) electrons. The molecule has 26 heavy (non-hydrogen) atoms. The van der Waals surface area contributed by atoms with E-state index >= 15 is 0 Å². The topological polar surface area (TPSA) is 124 Å². The third-order valence-corrected chi connectivity index (χ3v) is 4.82. The second-order valence-electron chi connectivity index (χ2n) is 6.71. The second kappa shape index (κ2) is 8.09. The van der Waals surface area contributed by atoms with Gasteiger partial charge in [0.05, 0.1) is 13.1 Å². The molecule has 2 heterocycles. The Balaban J connectivity index is 1.64. The maximum Gasteiger partial charge on any atom is 0.232 e. The van der Waals surface area contributed by atoms with Crippen molar-refractivity contribution >= 4 is 23.5 Å². The van der Waals surface area contributed by atoms with Crippen LogP contribution in [0.3, 0.4) is 0 Å². The van der Waals surface area contributed by atoms with Gasteiger partial charge in [0.1, 0.15) is 6.54 Å². The maximum absolute atomic E-state index is 11.3. The van der Waals surface area contributed by atoms with Crippen LogP contribution in [0.25, 0.3) is 0 Å². The number of carbonyl (C=O) groups is 1. The number of nitrogens with two attached hydrogens (primary N) is 2. The predicted octanol–water partition coefficient (Wildman–Crippen LogP) is 0.0400. The zero-order chi connectivity index (χ0) is 18.5. The third-order valence-electron chi connectivity index (χ3n) is 4.82. The number of primary amides is 1. The second-order valence-corrected chi connectivity index (χ2v) is 6.71. The van der Waals surface area contributed by atoms with Gasteiger partial charge in [0, 0.05) is 24.4 Å². The number of amides is 1. The molecule has 8 heteroatoms.